The third kappa shape index (κ3) is 4.65. The molecule has 2 heterocycles. The van der Waals surface area contributed by atoms with Gasteiger partial charge in [-0.05, 0) is 11.6 Å². The molecule has 0 bridgehead atoms. The van der Waals surface area contributed by atoms with Crippen LogP contribution in [0.1, 0.15) is 5.56 Å². The van der Waals surface area contributed by atoms with E-state index in [2.05, 4.69) is 20.3 Å². The molecule has 0 spiro atoms. The second kappa shape index (κ2) is 8.07. The van der Waals surface area contributed by atoms with Crippen molar-refractivity contribution in [3.63, 3.8) is 0 Å². The minimum Gasteiger partial charge on any atom is -0.473 e. The number of aromatic nitrogens is 3. The topological polar surface area (TPSA) is 106 Å². The lowest BCUT2D eigenvalue weighted by Gasteiger charge is -2.08. The monoisotopic (exact) mass is 337 g/mol. The Morgan fingerprint density at radius 3 is 2.64 bits per heavy atom. The molecule has 1 aromatic carbocycles. The number of hydrogen-bond donors (Lipinski definition) is 3. The molecule has 7 heteroatoms. The highest BCUT2D eigenvalue weighted by molar-refractivity contribution is 5.63. The molecule has 0 unspecified atom stereocenters. The van der Waals surface area contributed by atoms with E-state index < -0.39 is 0 Å². The summed E-state index contributed by atoms with van der Waals surface area (Å²) >= 11 is 0. The first-order valence-electron chi connectivity index (χ1n) is 7.87. The third-order valence-electron chi connectivity index (χ3n) is 3.42. The van der Waals surface area contributed by atoms with Gasteiger partial charge in [0.15, 0.2) is 0 Å². The number of aliphatic hydroxyl groups excluding tert-OH is 1. The predicted octanol–water partition coefficient (Wildman–Crippen LogP) is 2.10. The quantitative estimate of drug-likeness (QED) is 0.606. The van der Waals surface area contributed by atoms with Crippen molar-refractivity contribution in [1.29, 1.82) is 0 Å². The van der Waals surface area contributed by atoms with Crippen molar-refractivity contribution in [1.82, 2.24) is 15.0 Å². The molecule has 0 amide bonds. The second-order valence-electron chi connectivity index (χ2n) is 5.31. The SMILES string of the molecule is Nc1nc(NCCO)cc(-c2ccc(OCc3ccccc3)nc2)n1. The van der Waals surface area contributed by atoms with Gasteiger partial charge in [-0.2, -0.15) is 4.98 Å². The fraction of sp³-hybridized carbons (Fsp3) is 0.167. The molecule has 2 aromatic heterocycles. The number of nitrogens with one attached hydrogen (secondary N) is 1. The Morgan fingerprint density at radius 1 is 1.08 bits per heavy atom. The van der Waals surface area contributed by atoms with E-state index in [1.807, 2.05) is 36.4 Å². The van der Waals surface area contributed by atoms with Gasteiger partial charge in [-0.15, -0.1) is 0 Å². The van der Waals surface area contributed by atoms with Crippen LogP contribution in [0, 0.1) is 0 Å². The summed E-state index contributed by atoms with van der Waals surface area (Å²) in [5, 5.41) is 11.9. The van der Waals surface area contributed by atoms with Crippen LogP contribution in [-0.4, -0.2) is 33.2 Å². The highest BCUT2D eigenvalue weighted by Crippen LogP contribution is 2.22. The number of aliphatic hydroxyl groups is 1. The minimum atomic E-state index is 0.00818. The van der Waals surface area contributed by atoms with E-state index in [1.54, 1.807) is 18.3 Å². The summed E-state index contributed by atoms with van der Waals surface area (Å²) in [7, 11) is 0. The maximum Gasteiger partial charge on any atom is 0.222 e. The van der Waals surface area contributed by atoms with Gasteiger partial charge in [0.25, 0.3) is 0 Å². The average Bonchev–Trinajstić information content (AvgIpc) is 2.65. The molecule has 7 nitrogen and oxygen atoms in total. The van der Waals surface area contributed by atoms with E-state index in [-0.39, 0.29) is 12.6 Å². The summed E-state index contributed by atoms with van der Waals surface area (Å²) < 4.78 is 5.67. The Hall–Kier alpha value is -3.19. The lowest BCUT2D eigenvalue weighted by atomic mass is 10.2. The fourth-order valence-corrected chi connectivity index (χ4v) is 2.24. The van der Waals surface area contributed by atoms with Crippen LogP contribution in [-0.2, 0) is 6.61 Å². The van der Waals surface area contributed by atoms with Crippen LogP contribution < -0.4 is 15.8 Å². The molecule has 25 heavy (non-hydrogen) atoms. The summed E-state index contributed by atoms with van der Waals surface area (Å²) in [5.74, 6) is 1.25. The predicted molar refractivity (Wildman–Crippen MR) is 96.0 cm³/mol. The van der Waals surface area contributed by atoms with E-state index in [0.717, 1.165) is 11.1 Å². The molecule has 0 radical (unpaired) electrons. The van der Waals surface area contributed by atoms with Gasteiger partial charge in [-0.3, -0.25) is 0 Å². The molecular formula is C18H19N5O2. The van der Waals surface area contributed by atoms with E-state index >= 15 is 0 Å². The highest BCUT2D eigenvalue weighted by atomic mass is 16.5. The molecular weight excluding hydrogens is 318 g/mol. The van der Waals surface area contributed by atoms with Gasteiger partial charge in [0.1, 0.15) is 12.4 Å². The van der Waals surface area contributed by atoms with Crippen molar-refractivity contribution in [2.45, 2.75) is 6.61 Å². The third-order valence-corrected chi connectivity index (χ3v) is 3.42. The van der Waals surface area contributed by atoms with Gasteiger partial charge in [0.05, 0.1) is 12.3 Å². The summed E-state index contributed by atoms with van der Waals surface area (Å²) in [4.78, 5) is 12.6. The van der Waals surface area contributed by atoms with Gasteiger partial charge >= 0.3 is 0 Å². The molecule has 0 aliphatic heterocycles. The molecule has 0 saturated heterocycles. The van der Waals surface area contributed by atoms with E-state index in [1.165, 1.54) is 0 Å². The summed E-state index contributed by atoms with van der Waals surface area (Å²) in [5.41, 5.74) is 8.27. The maximum absolute atomic E-state index is 8.89. The summed E-state index contributed by atoms with van der Waals surface area (Å²) in [6.07, 6.45) is 1.68. The van der Waals surface area contributed by atoms with E-state index in [0.29, 0.717) is 30.5 Å². The Morgan fingerprint density at radius 2 is 1.92 bits per heavy atom. The number of pyridine rings is 1. The Kier molecular flexibility index (Phi) is 5.38. The first kappa shape index (κ1) is 16.7. The van der Waals surface area contributed by atoms with Gasteiger partial charge in [-0.25, -0.2) is 9.97 Å². The summed E-state index contributed by atoms with van der Waals surface area (Å²) in [6, 6.07) is 15.3. The van der Waals surface area contributed by atoms with Crippen LogP contribution in [0.15, 0.2) is 54.7 Å². The minimum absolute atomic E-state index is 0.00818. The molecule has 0 fully saturated rings. The number of nitrogen functional groups attached to an aromatic ring is 1. The van der Waals surface area contributed by atoms with Gasteiger partial charge in [-0.1, -0.05) is 30.3 Å². The number of anilines is 2. The highest BCUT2D eigenvalue weighted by Gasteiger charge is 2.06. The van der Waals surface area contributed by atoms with Crippen molar-refractivity contribution in [2.75, 3.05) is 24.2 Å². The van der Waals surface area contributed by atoms with Crippen molar-refractivity contribution in [3.05, 3.63) is 60.3 Å². The largest absolute Gasteiger partial charge is 0.473 e. The Labute approximate surface area is 145 Å². The van der Waals surface area contributed by atoms with Gasteiger partial charge < -0.3 is 20.9 Å². The number of ether oxygens (including phenoxy) is 1. The van der Waals surface area contributed by atoms with E-state index in [4.69, 9.17) is 15.6 Å². The number of benzene rings is 1. The van der Waals surface area contributed by atoms with Crippen LogP contribution in [0.5, 0.6) is 5.88 Å². The number of rotatable bonds is 7. The first-order chi connectivity index (χ1) is 12.2. The molecule has 128 valence electrons. The number of nitrogens with two attached hydrogens (primary N) is 1. The molecule has 4 N–H and O–H groups in total. The van der Waals surface area contributed by atoms with Gasteiger partial charge in [0, 0.05) is 30.4 Å². The van der Waals surface area contributed by atoms with Crippen molar-refractivity contribution < 1.29 is 9.84 Å². The zero-order valence-electron chi connectivity index (χ0n) is 13.6. The zero-order chi connectivity index (χ0) is 17.5. The van der Waals surface area contributed by atoms with Gasteiger partial charge in [0.2, 0.25) is 11.8 Å². The zero-order valence-corrected chi connectivity index (χ0v) is 13.6. The van der Waals surface area contributed by atoms with Crippen LogP contribution >= 0.6 is 0 Å². The lowest BCUT2D eigenvalue weighted by Crippen LogP contribution is -2.09. The summed E-state index contributed by atoms with van der Waals surface area (Å²) in [6.45, 7) is 0.859. The normalized spacial score (nSPS) is 10.4. The van der Waals surface area contributed by atoms with E-state index in [9.17, 15) is 0 Å². The molecule has 3 rings (SSSR count). The number of hydrogen-bond acceptors (Lipinski definition) is 7. The first-order valence-corrected chi connectivity index (χ1v) is 7.87. The fourth-order valence-electron chi connectivity index (χ4n) is 2.24. The molecule has 0 saturated carbocycles. The maximum atomic E-state index is 8.89. The van der Waals surface area contributed by atoms with Crippen LogP contribution in [0.25, 0.3) is 11.3 Å². The standard InChI is InChI=1S/C18H19N5O2/c19-18-22-15(10-16(23-18)20-8-9-24)14-6-7-17(21-11-14)25-12-13-4-2-1-3-5-13/h1-7,10-11,24H,8-9,12H2,(H3,19,20,22,23). The second-order valence-corrected chi connectivity index (χ2v) is 5.31. The Balaban J connectivity index is 1.70. The average molecular weight is 337 g/mol. The smallest absolute Gasteiger partial charge is 0.222 e. The van der Waals surface area contributed by atoms with Crippen LogP contribution in [0.4, 0.5) is 11.8 Å². The van der Waals surface area contributed by atoms with Crippen LogP contribution in [0.3, 0.4) is 0 Å². The molecule has 3 aromatic rings. The Bertz CT molecular complexity index is 809. The van der Waals surface area contributed by atoms with Crippen molar-refractivity contribution in [3.8, 4) is 17.1 Å². The number of nitrogens with zero attached hydrogens (tertiary/aromatic N) is 3. The molecule has 0 aliphatic carbocycles. The molecule has 0 aliphatic rings. The lowest BCUT2D eigenvalue weighted by molar-refractivity contribution is 0.294. The van der Waals surface area contributed by atoms with Crippen LogP contribution in [0.2, 0.25) is 0 Å². The van der Waals surface area contributed by atoms with Crippen molar-refractivity contribution in [2.24, 2.45) is 0 Å². The molecule has 0 atom stereocenters. The van der Waals surface area contributed by atoms with Crippen molar-refractivity contribution >= 4 is 11.8 Å².